The van der Waals surface area contributed by atoms with Gasteiger partial charge in [0.25, 0.3) is 0 Å². The van der Waals surface area contributed by atoms with E-state index in [1.165, 1.54) is 4.40 Å². The van der Waals surface area contributed by atoms with Crippen molar-refractivity contribution < 1.29 is 15.4 Å². The lowest BCUT2D eigenvalue weighted by Crippen LogP contribution is -1.96. The van der Waals surface area contributed by atoms with E-state index in [0.29, 0.717) is 5.65 Å². The van der Waals surface area contributed by atoms with Crippen LogP contribution in [0.2, 0.25) is 5.15 Å². The van der Waals surface area contributed by atoms with E-state index in [0.717, 1.165) is 0 Å². The van der Waals surface area contributed by atoms with Crippen LogP contribution in [0.4, 0.5) is 0 Å². The zero-order valence-electron chi connectivity index (χ0n) is 7.35. The molecule has 0 aromatic carbocycles. The number of hydrogen-bond donors (Lipinski definition) is 1. The Morgan fingerprint density at radius 3 is 2.67 bits per heavy atom. The standard InChI is InChI=1S/C8H5ClN2O2.ClH.H2O/c9-7-6(8(12)13)10-5-3-1-2-4-11(5)7;;/h1-4H,(H,12,13);1H;1H2. The Morgan fingerprint density at radius 1 is 1.47 bits per heavy atom. The van der Waals surface area contributed by atoms with Gasteiger partial charge in [-0.15, -0.1) is 12.4 Å². The summed E-state index contributed by atoms with van der Waals surface area (Å²) in [6.07, 6.45) is 1.66. The Hall–Kier alpha value is -1.30. The van der Waals surface area contributed by atoms with Crippen LogP contribution in [0, 0.1) is 0 Å². The molecule has 0 aliphatic heterocycles. The van der Waals surface area contributed by atoms with Crippen molar-refractivity contribution in [2.45, 2.75) is 0 Å². The Kier molecular flexibility index (Phi) is 4.54. The number of pyridine rings is 1. The second kappa shape index (κ2) is 4.97. The third-order valence-corrected chi connectivity index (χ3v) is 2.04. The topological polar surface area (TPSA) is 86.1 Å². The smallest absolute Gasteiger partial charge is 0.357 e. The fourth-order valence-electron chi connectivity index (χ4n) is 1.10. The molecule has 5 nitrogen and oxygen atoms in total. The summed E-state index contributed by atoms with van der Waals surface area (Å²) in [5.74, 6) is -1.12. The number of halogens is 2. The van der Waals surface area contributed by atoms with Crippen LogP contribution >= 0.6 is 24.0 Å². The normalized spacial score (nSPS) is 9.13. The molecule has 0 spiro atoms. The van der Waals surface area contributed by atoms with Crippen LogP contribution in [-0.4, -0.2) is 25.9 Å². The number of hydrogen-bond acceptors (Lipinski definition) is 2. The van der Waals surface area contributed by atoms with E-state index < -0.39 is 5.97 Å². The second-order valence-electron chi connectivity index (χ2n) is 2.49. The van der Waals surface area contributed by atoms with E-state index in [-0.39, 0.29) is 28.7 Å². The number of aromatic carboxylic acids is 1. The molecule has 82 valence electrons. The highest BCUT2D eigenvalue weighted by Gasteiger charge is 2.15. The molecule has 2 aromatic heterocycles. The number of aromatic nitrogens is 2. The van der Waals surface area contributed by atoms with Gasteiger partial charge in [-0.1, -0.05) is 17.7 Å². The molecular weight excluding hydrogens is 243 g/mol. The van der Waals surface area contributed by atoms with Crippen LogP contribution in [0.5, 0.6) is 0 Å². The summed E-state index contributed by atoms with van der Waals surface area (Å²) < 4.78 is 1.52. The predicted molar refractivity (Wildman–Crippen MR) is 58.0 cm³/mol. The first-order valence-electron chi connectivity index (χ1n) is 3.56. The summed E-state index contributed by atoms with van der Waals surface area (Å²) in [4.78, 5) is 14.5. The molecule has 2 heterocycles. The summed E-state index contributed by atoms with van der Waals surface area (Å²) >= 11 is 5.77. The van der Waals surface area contributed by atoms with E-state index >= 15 is 0 Å². The van der Waals surface area contributed by atoms with E-state index in [4.69, 9.17) is 16.7 Å². The van der Waals surface area contributed by atoms with Gasteiger partial charge in [0.05, 0.1) is 0 Å². The Balaban J connectivity index is 0.000000980. The van der Waals surface area contributed by atoms with Crippen molar-refractivity contribution in [3.63, 3.8) is 0 Å². The Labute approximate surface area is 96.0 Å². The monoisotopic (exact) mass is 250 g/mol. The quantitative estimate of drug-likeness (QED) is 0.828. The molecule has 0 atom stereocenters. The first-order valence-corrected chi connectivity index (χ1v) is 3.94. The van der Waals surface area contributed by atoms with Gasteiger partial charge >= 0.3 is 5.97 Å². The molecule has 0 bridgehead atoms. The van der Waals surface area contributed by atoms with Gasteiger partial charge in [-0.05, 0) is 12.1 Å². The summed E-state index contributed by atoms with van der Waals surface area (Å²) in [7, 11) is 0. The average Bonchev–Trinajstić information content (AvgIpc) is 2.45. The summed E-state index contributed by atoms with van der Waals surface area (Å²) in [5, 5.41) is 8.83. The Bertz CT molecular complexity index is 484. The minimum atomic E-state index is -1.12. The molecule has 0 fully saturated rings. The van der Waals surface area contributed by atoms with Crippen LogP contribution in [0.15, 0.2) is 24.4 Å². The third-order valence-electron chi connectivity index (χ3n) is 1.67. The van der Waals surface area contributed by atoms with Gasteiger partial charge in [0, 0.05) is 6.20 Å². The highest BCUT2D eigenvalue weighted by Crippen LogP contribution is 2.17. The lowest BCUT2D eigenvalue weighted by atomic mass is 10.5. The number of carboxylic acids is 1. The number of fused-ring (bicyclic) bond motifs is 1. The van der Waals surface area contributed by atoms with E-state index in [2.05, 4.69) is 4.98 Å². The molecule has 0 unspecified atom stereocenters. The van der Waals surface area contributed by atoms with Crippen molar-refractivity contribution in [2.75, 3.05) is 0 Å². The maximum absolute atomic E-state index is 10.6. The maximum atomic E-state index is 10.6. The molecule has 0 radical (unpaired) electrons. The first-order chi connectivity index (χ1) is 6.20. The van der Waals surface area contributed by atoms with Crippen LogP contribution in [-0.2, 0) is 0 Å². The molecule has 2 rings (SSSR count). The molecule has 15 heavy (non-hydrogen) atoms. The predicted octanol–water partition coefficient (Wildman–Crippen LogP) is 1.28. The molecular formula is C8H8Cl2N2O3. The van der Waals surface area contributed by atoms with Gasteiger partial charge in [0.1, 0.15) is 10.8 Å². The largest absolute Gasteiger partial charge is 0.476 e. The zero-order valence-corrected chi connectivity index (χ0v) is 8.92. The average molecular weight is 251 g/mol. The number of carbonyl (C=O) groups is 1. The number of carboxylic acid groups (broad SMARTS) is 1. The number of nitrogens with zero attached hydrogens (tertiary/aromatic N) is 2. The fourth-order valence-corrected chi connectivity index (χ4v) is 1.37. The Morgan fingerprint density at radius 2 is 2.13 bits per heavy atom. The SMILES string of the molecule is Cl.O.O=C(O)c1nc2ccccn2c1Cl. The van der Waals surface area contributed by atoms with Gasteiger partial charge in [-0.25, -0.2) is 9.78 Å². The summed E-state index contributed by atoms with van der Waals surface area (Å²) in [5.41, 5.74) is 0.415. The van der Waals surface area contributed by atoms with Gasteiger partial charge in [-0.3, -0.25) is 4.40 Å². The minimum absolute atomic E-state index is 0. The fraction of sp³-hybridized carbons (Fsp3) is 0. The van der Waals surface area contributed by atoms with Crippen LogP contribution in [0.25, 0.3) is 5.65 Å². The van der Waals surface area contributed by atoms with Gasteiger partial charge < -0.3 is 10.6 Å². The molecule has 0 aliphatic carbocycles. The van der Waals surface area contributed by atoms with E-state index in [9.17, 15) is 4.79 Å². The summed E-state index contributed by atoms with van der Waals surface area (Å²) in [6.45, 7) is 0. The van der Waals surface area contributed by atoms with Crippen molar-refractivity contribution in [3.8, 4) is 0 Å². The number of rotatable bonds is 1. The molecule has 7 heteroatoms. The third kappa shape index (κ3) is 2.20. The van der Waals surface area contributed by atoms with Crippen LogP contribution in [0.1, 0.15) is 10.5 Å². The molecule has 2 aromatic rings. The van der Waals surface area contributed by atoms with Crippen LogP contribution in [0.3, 0.4) is 0 Å². The van der Waals surface area contributed by atoms with Crippen molar-refractivity contribution in [1.29, 1.82) is 0 Å². The lowest BCUT2D eigenvalue weighted by Gasteiger charge is -1.91. The van der Waals surface area contributed by atoms with Gasteiger partial charge in [-0.2, -0.15) is 0 Å². The molecule has 0 saturated heterocycles. The highest BCUT2D eigenvalue weighted by atomic mass is 35.5. The minimum Gasteiger partial charge on any atom is -0.476 e. The first kappa shape index (κ1) is 13.7. The van der Waals surface area contributed by atoms with Crippen molar-refractivity contribution in [3.05, 3.63) is 35.2 Å². The van der Waals surface area contributed by atoms with E-state index in [1.807, 2.05) is 0 Å². The van der Waals surface area contributed by atoms with Crippen LogP contribution < -0.4 is 0 Å². The van der Waals surface area contributed by atoms with Gasteiger partial charge in [0.15, 0.2) is 5.69 Å². The van der Waals surface area contributed by atoms with Crippen molar-refractivity contribution in [2.24, 2.45) is 0 Å². The van der Waals surface area contributed by atoms with Crippen molar-refractivity contribution in [1.82, 2.24) is 9.38 Å². The van der Waals surface area contributed by atoms with E-state index in [1.54, 1.807) is 24.4 Å². The molecule has 3 N–H and O–H groups in total. The highest BCUT2D eigenvalue weighted by molar-refractivity contribution is 6.32. The summed E-state index contributed by atoms with van der Waals surface area (Å²) in [6, 6.07) is 5.22. The second-order valence-corrected chi connectivity index (χ2v) is 2.84. The van der Waals surface area contributed by atoms with Gasteiger partial charge in [0.2, 0.25) is 0 Å². The molecule has 0 saturated carbocycles. The molecule has 0 aliphatic rings. The zero-order chi connectivity index (χ0) is 9.42. The lowest BCUT2D eigenvalue weighted by molar-refractivity contribution is 0.0691. The molecule has 0 amide bonds. The number of imidazole rings is 1. The maximum Gasteiger partial charge on any atom is 0.357 e. The van der Waals surface area contributed by atoms with Crippen molar-refractivity contribution >= 4 is 35.6 Å².